The fourth-order valence-corrected chi connectivity index (χ4v) is 6.17. The highest BCUT2D eigenvalue weighted by molar-refractivity contribution is 7.85. The van der Waals surface area contributed by atoms with Crippen LogP contribution in [0, 0.1) is 6.92 Å². The van der Waals surface area contributed by atoms with E-state index in [1.54, 1.807) is 50.4 Å². The molecule has 4 rings (SSSR count). The van der Waals surface area contributed by atoms with Crippen LogP contribution in [-0.2, 0) is 47.1 Å². The van der Waals surface area contributed by atoms with Crippen molar-refractivity contribution in [2.75, 3.05) is 52.4 Å². The Morgan fingerprint density at radius 3 is 2.10 bits per heavy atom. The number of fused-ring (bicyclic) bond motifs is 2. The summed E-state index contributed by atoms with van der Waals surface area (Å²) in [6.07, 6.45) is -0.0281. The Morgan fingerprint density at radius 1 is 0.846 bits per heavy atom. The van der Waals surface area contributed by atoms with E-state index in [9.17, 15) is 32.1 Å². The van der Waals surface area contributed by atoms with Crippen molar-refractivity contribution >= 4 is 55.5 Å². The quantitative estimate of drug-likeness (QED) is 0.0230. The van der Waals surface area contributed by atoms with Crippen LogP contribution in [0.4, 0.5) is 0 Å². The van der Waals surface area contributed by atoms with Gasteiger partial charge in [-0.15, -0.1) is 0 Å². The molecular formula is C37H44N3O11S+. The van der Waals surface area contributed by atoms with Gasteiger partial charge in [-0.1, -0.05) is 24.3 Å². The Morgan fingerprint density at radius 2 is 1.48 bits per heavy atom. The average molecular weight is 739 g/mol. The number of hydrogen-bond acceptors (Lipinski definition) is 10. The summed E-state index contributed by atoms with van der Waals surface area (Å²) >= 11 is 0. The van der Waals surface area contributed by atoms with Crippen LogP contribution in [0.1, 0.15) is 51.6 Å². The third-order valence-corrected chi connectivity index (χ3v) is 8.73. The molecule has 0 spiro atoms. The van der Waals surface area contributed by atoms with Gasteiger partial charge in [-0.25, -0.2) is 4.79 Å². The molecule has 2 amide bonds. The molecule has 0 fully saturated rings. The molecule has 0 unspecified atom stereocenters. The first-order chi connectivity index (χ1) is 24.9. The Hall–Kier alpha value is -4.80. The Balaban J connectivity index is 1.56. The van der Waals surface area contributed by atoms with Crippen molar-refractivity contribution in [3.63, 3.8) is 0 Å². The molecule has 0 atom stereocenters. The lowest BCUT2D eigenvalue weighted by Gasteiger charge is -2.17. The third-order valence-electron chi connectivity index (χ3n) is 7.92. The molecule has 0 aliphatic rings. The topological polar surface area (TPSA) is 188 Å². The van der Waals surface area contributed by atoms with E-state index in [1.165, 1.54) is 6.92 Å². The highest BCUT2D eigenvalue weighted by atomic mass is 32.2. The van der Waals surface area contributed by atoms with Gasteiger partial charge < -0.3 is 29.6 Å². The number of nitrogens with one attached hydrogen (secondary N) is 2. The number of pyridine rings is 1. The largest absolute Gasteiger partial charge is 0.422 e. The first kappa shape index (κ1) is 40.0. The number of aryl methyl sites for hydroxylation is 2. The number of ether oxygens (including phenoxy) is 4. The van der Waals surface area contributed by atoms with Crippen LogP contribution in [0.15, 0.2) is 60.7 Å². The van der Waals surface area contributed by atoms with Gasteiger partial charge in [0, 0.05) is 49.9 Å². The standard InChI is InChI=1S/C37H43N3O11S/c1-25-21-27(36(43)39-14-17-49-16-13-38-33(42)22-26(2)41)23-28(24-50-19-18-48-3)35(25)51-37(44)34-29-9-4-6-11-31(29)40(15-8-20-52(45,46)47)32-12-7-5-10-30(32)34/h4-7,9-12,21,23H,8,13-20,22,24H2,1-3H3,(H2-,38,39,42,43,45,46,47)/p+1. The van der Waals surface area contributed by atoms with E-state index in [0.717, 1.165) is 0 Å². The minimum absolute atomic E-state index is 0.0242. The zero-order valence-electron chi connectivity index (χ0n) is 29.4. The molecule has 52 heavy (non-hydrogen) atoms. The minimum Gasteiger partial charge on any atom is -0.422 e. The lowest BCUT2D eigenvalue weighted by atomic mass is 10.0. The maximum atomic E-state index is 14.2. The maximum Gasteiger partial charge on any atom is 0.345 e. The van der Waals surface area contributed by atoms with E-state index in [4.69, 9.17) is 18.9 Å². The molecule has 0 bridgehead atoms. The van der Waals surface area contributed by atoms with Crippen LogP contribution in [0.25, 0.3) is 21.8 Å². The summed E-state index contributed by atoms with van der Waals surface area (Å²) in [5.74, 6) is -1.78. The smallest absolute Gasteiger partial charge is 0.345 e. The molecule has 1 heterocycles. The number of benzene rings is 3. The van der Waals surface area contributed by atoms with Gasteiger partial charge in [0.25, 0.3) is 16.0 Å². The number of rotatable bonds is 20. The van der Waals surface area contributed by atoms with Gasteiger partial charge in [0.1, 0.15) is 11.5 Å². The summed E-state index contributed by atoms with van der Waals surface area (Å²) in [4.78, 5) is 49.9. The number of methoxy groups -OCH3 is 1. The predicted molar refractivity (Wildman–Crippen MR) is 192 cm³/mol. The van der Waals surface area contributed by atoms with Gasteiger partial charge in [-0.05, 0) is 43.7 Å². The predicted octanol–water partition coefficient (Wildman–Crippen LogP) is 3.09. The molecule has 0 aliphatic heterocycles. The highest BCUT2D eigenvalue weighted by Crippen LogP contribution is 2.31. The molecule has 4 aromatic rings. The number of Topliss-reactive ketones (excluding diaryl/α,β-unsaturated/α-hetero) is 1. The van der Waals surface area contributed by atoms with Crippen LogP contribution in [-0.4, -0.2) is 88.9 Å². The second-order valence-corrected chi connectivity index (χ2v) is 13.6. The SMILES string of the molecule is COCCOCc1cc(C(=O)NCCOCCNC(=O)CC(C)=O)cc(C)c1OC(=O)c1c2ccccc2[n+](CCCS(=O)(=O)O)c2ccccc12. The van der Waals surface area contributed by atoms with E-state index in [2.05, 4.69) is 10.6 Å². The normalized spacial score (nSPS) is 11.5. The maximum absolute atomic E-state index is 14.2. The minimum atomic E-state index is -4.15. The fourth-order valence-electron chi connectivity index (χ4n) is 5.67. The molecule has 1 aromatic heterocycles. The highest BCUT2D eigenvalue weighted by Gasteiger charge is 2.27. The average Bonchev–Trinajstić information content (AvgIpc) is 3.09. The number of carbonyl (C=O) groups excluding carboxylic acids is 4. The van der Waals surface area contributed by atoms with Gasteiger partial charge in [-0.3, -0.25) is 18.9 Å². The van der Waals surface area contributed by atoms with Crippen molar-refractivity contribution < 1.29 is 55.7 Å². The Kier molecular flexibility index (Phi) is 14.7. The Bertz CT molecular complexity index is 1980. The Labute approximate surface area is 302 Å². The fraction of sp³-hybridized carbons (Fsp3) is 0.378. The summed E-state index contributed by atoms with van der Waals surface area (Å²) in [5.41, 5.74) is 2.98. The number of amides is 2. The van der Waals surface area contributed by atoms with Crippen molar-refractivity contribution in [2.45, 2.75) is 39.8 Å². The molecule has 0 radical (unpaired) electrons. The van der Waals surface area contributed by atoms with Crippen molar-refractivity contribution in [3.8, 4) is 5.75 Å². The summed E-state index contributed by atoms with van der Waals surface area (Å²) in [6.45, 7) is 4.79. The van der Waals surface area contributed by atoms with Crippen LogP contribution in [0.5, 0.6) is 5.75 Å². The number of esters is 1. The van der Waals surface area contributed by atoms with E-state index in [0.29, 0.717) is 50.7 Å². The third kappa shape index (κ3) is 11.4. The van der Waals surface area contributed by atoms with E-state index in [-0.39, 0.29) is 82.3 Å². The number of nitrogens with zero attached hydrogens (tertiary/aromatic N) is 1. The number of hydrogen-bond donors (Lipinski definition) is 3. The molecular weight excluding hydrogens is 694 g/mol. The van der Waals surface area contributed by atoms with Crippen LogP contribution in [0.2, 0.25) is 0 Å². The van der Waals surface area contributed by atoms with Crippen molar-refractivity contribution in [3.05, 3.63) is 82.9 Å². The lowest BCUT2D eigenvalue weighted by molar-refractivity contribution is -0.645. The number of carbonyl (C=O) groups is 4. The van der Waals surface area contributed by atoms with Crippen LogP contribution >= 0.6 is 0 Å². The molecule has 14 nitrogen and oxygen atoms in total. The number of ketones is 1. The molecule has 0 aliphatic carbocycles. The van der Waals surface area contributed by atoms with Crippen LogP contribution in [0.3, 0.4) is 0 Å². The summed E-state index contributed by atoms with van der Waals surface area (Å²) < 4.78 is 56.6. The second kappa shape index (κ2) is 19.2. The number of aromatic nitrogens is 1. The monoisotopic (exact) mass is 738 g/mol. The molecule has 0 saturated heterocycles. The van der Waals surface area contributed by atoms with Gasteiger partial charge in [-0.2, -0.15) is 13.0 Å². The first-order valence-corrected chi connectivity index (χ1v) is 18.3. The van der Waals surface area contributed by atoms with Gasteiger partial charge in [0.2, 0.25) is 16.9 Å². The van der Waals surface area contributed by atoms with Crippen molar-refractivity contribution in [2.24, 2.45) is 0 Å². The van der Waals surface area contributed by atoms with Gasteiger partial charge >= 0.3 is 5.97 Å². The van der Waals surface area contributed by atoms with E-state index >= 15 is 0 Å². The second-order valence-electron chi connectivity index (χ2n) is 12.0. The zero-order chi connectivity index (χ0) is 37.7. The summed E-state index contributed by atoms with van der Waals surface area (Å²) in [7, 11) is -2.61. The molecule has 0 saturated carbocycles. The molecule has 3 N–H and O–H groups in total. The zero-order valence-corrected chi connectivity index (χ0v) is 30.3. The van der Waals surface area contributed by atoms with Crippen molar-refractivity contribution in [1.82, 2.24) is 10.6 Å². The van der Waals surface area contributed by atoms with Crippen molar-refractivity contribution in [1.29, 1.82) is 0 Å². The lowest BCUT2D eigenvalue weighted by Crippen LogP contribution is -2.37. The molecule has 278 valence electrons. The summed E-state index contributed by atoms with van der Waals surface area (Å²) in [5, 5.41) is 6.55. The molecule has 3 aromatic carbocycles. The van der Waals surface area contributed by atoms with Gasteiger partial charge in [0.05, 0.1) is 61.5 Å². The first-order valence-electron chi connectivity index (χ1n) is 16.7. The summed E-state index contributed by atoms with van der Waals surface area (Å²) in [6, 6.07) is 17.7. The number of para-hydroxylation sites is 2. The van der Waals surface area contributed by atoms with Crippen LogP contribution < -0.4 is 19.9 Å². The molecule has 15 heteroatoms. The van der Waals surface area contributed by atoms with E-state index in [1.807, 2.05) is 28.8 Å². The van der Waals surface area contributed by atoms with E-state index < -0.39 is 21.8 Å². The van der Waals surface area contributed by atoms with Gasteiger partial charge in [0.15, 0.2) is 6.54 Å².